The van der Waals surface area contributed by atoms with E-state index in [1.54, 1.807) is 13.0 Å². The largest absolute Gasteiger partial charge is 0.481 e. The van der Waals surface area contributed by atoms with E-state index in [4.69, 9.17) is 9.52 Å². The summed E-state index contributed by atoms with van der Waals surface area (Å²) in [7, 11) is 1.29. The third kappa shape index (κ3) is 4.50. The number of methoxy groups -OCH3 is 1. The van der Waals surface area contributed by atoms with E-state index in [1.807, 2.05) is 0 Å². The first-order chi connectivity index (χ1) is 11.4. The number of hydrogen-bond acceptors (Lipinski definition) is 5. The van der Waals surface area contributed by atoms with Crippen molar-refractivity contribution in [3.8, 4) is 0 Å². The Labute approximate surface area is 139 Å². The van der Waals surface area contributed by atoms with E-state index in [1.165, 1.54) is 7.11 Å². The molecule has 0 bridgehead atoms. The van der Waals surface area contributed by atoms with Gasteiger partial charge >= 0.3 is 18.0 Å². The molecule has 132 valence electrons. The predicted molar refractivity (Wildman–Crippen MR) is 83.5 cm³/mol. The van der Waals surface area contributed by atoms with Crippen LogP contribution >= 0.6 is 0 Å². The number of aliphatic carboxylic acids is 1. The molecule has 1 saturated carbocycles. The van der Waals surface area contributed by atoms with Crippen molar-refractivity contribution in [3.63, 3.8) is 0 Å². The molecule has 8 nitrogen and oxygen atoms in total. The Balaban J connectivity index is 1.78. The molecule has 0 unspecified atom stereocenters. The number of urea groups is 1. The minimum atomic E-state index is -0.771. The number of rotatable bonds is 5. The van der Waals surface area contributed by atoms with Gasteiger partial charge in [-0.05, 0) is 38.7 Å². The van der Waals surface area contributed by atoms with Crippen LogP contribution in [0.2, 0.25) is 0 Å². The highest BCUT2D eigenvalue weighted by atomic mass is 16.5. The highest BCUT2D eigenvalue weighted by Crippen LogP contribution is 2.24. The van der Waals surface area contributed by atoms with Crippen LogP contribution in [0.1, 0.15) is 47.6 Å². The van der Waals surface area contributed by atoms with E-state index in [2.05, 4.69) is 15.4 Å². The van der Waals surface area contributed by atoms with Gasteiger partial charge in [0.15, 0.2) is 0 Å². The zero-order valence-corrected chi connectivity index (χ0v) is 13.8. The van der Waals surface area contributed by atoms with Gasteiger partial charge < -0.3 is 24.9 Å². The van der Waals surface area contributed by atoms with Crippen LogP contribution in [0.4, 0.5) is 4.79 Å². The average molecular weight is 338 g/mol. The first-order valence-electron chi connectivity index (χ1n) is 7.85. The minimum Gasteiger partial charge on any atom is -0.481 e. The molecule has 1 aliphatic carbocycles. The third-order valence-electron chi connectivity index (χ3n) is 4.21. The van der Waals surface area contributed by atoms with Gasteiger partial charge in [0.1, 0.15) is 17.1 Å². The van der Waals surface area contributed by atoms with Crippen molar-refractivity contribution < 1.29 is 28.6 Å². The standard InChI is InChI=1S/C16H22N2O6/c1-9-13(15(21)23-2)7-12(24-9)8-17-16(22)18-11-5-3-10(4-6-11)14(19)20/h7,10-11H,3-6,8H2,1-2H3,(H,19,20)(H2,17,18,22). The Morgan fingerprint density at radius 1 is 1.29 bits per heavy atom. The van der Waals surface area contributed by atoms with Crippen molar-refractivity contribution >= 4 is 18.0 Å². The molecule has 3 N–H and O–H groups in total. The van der Waals surface area contributed by atoms with Gasteiger partial charge in [0.05, 0.1) is 19.6 Å². The van der Waals surface area contributed by atoms with Crippen LogP contribution in [0.25, 0.3) is 0 Å². The lowest BCUT2D eigenvalue weighted by Gasteiger charge is -2.26. The summed E-state index contributed by atoms with van der Waals surface area (Å²) < 4.78 is 10.1. The van der Waals surface area contributed by atoms with Gasteiger partial charge in [-0.2, -0.15) is 0 Å². The molecule has 1 aliphatic rings. The molecule has 1 fully saturated rings. The molecule has 1 heterocycles. The molecule has 2 amide bonds. The van der Waals surface area contributed by atoms with Crippen molar-refractivity contribution in [2.45, 2.75) is 45.2 Å². The summed E-state index contributed by atoms with van der Waals surface area (Å²) in [6.45, 7) is 1.80. The molecule has 0 radical (unpaired) electrons. The summed E-state index contributed by atoms with van der Waals surface area (Å²) in [5, 5.41) is 14.4. The number of carboxylic acids is 1. The second-order valence-electron chi connectivity index (χ2n) is 5.89. The maximum absolute atomic E-state index is 11.9. The van der Waals surface area contributed by atoms with E-state index < -0.39 is 11.9 Å². The minimum absolute atomic E-state index is 0.0235. The van der Waals surface area contributed by atoms with Crippen molar-refractivity contribution in [1.82, 2.24) is 10.6 Å². The quantitative estimate of drug-likeness (QED) is 0.705. The van der Waals surface area contributed by atoms with E-state index in [9.17, 15) is 14.4 Å². The molecule has 1 aromatic rings. The van der Waals surface area contributed by atoms with Gasteiger partial charge in [0.25, 0.3) is 0 Å². The number of hydrogen-bond donors (Lipinski definition) is 3. The van der Waals surface area contributed by atoms with Gasteiger partial charge in [-0.1, -0.05) is 0 Å². The number of carbonyl (C=O) groups excluding carboxylic acids is 2. The highest BCUT2D eigenvalue weighted by molar-refractivity contribution is 5.90. The lowest BCUT2D eigenvalue weighted by atomic mass is 9.86. The lowest BCUT2D eigenvalue weighted by Crippen LogP contribution is -2.43. The third-order valence-corrected chi connectivity index (χ3v) is 4.21. The smallest absolute Gasteiger partial charge is 0.341 e. The molecule has 24 heavy (non-hydrogen) atoms. The fourth-order valence-electron chi connectivity index (χ4n) is 2.83. The number of nitrogens with one attached hydrogen (secondary N) is 2. The summed E-state index contributed by atoms with van der Waals surface area (Å²) in [5.74, 6) is -0.674. The van der Waals surface area contributed by atoms with Crippen LogP contribution in [0.3, 0.4) is 0 Å². The topological polar surface area (TPSA) is 118 Å². The van der Waals surface area contributed by atoms with Crippen LogP contribution in [-0.2, 0) is 16.1 Å². The van der Waals surface area contributed by atoms with Gasteiger partial charge in [0, 0.05) is 6.04 Å². The second kappa shape index (κ2) is 7.85. The summed E-state index contributed by atoms with van der Waals surface area (Å²) in [5.41, 5.74) is 0.335. The number of ether oxygens (including phenoxy) is 1. The maximum atomic E-state index is 11.9. The van der Waals surface area contributed by atoms with Crippen LogP contribution in [0.15, 0.2) is 10.5 Å². The molecule has 1 aromatic heterocycles. The molecule has 8 heteroatoms. The molecule has 0 aliphatic heterocycles. The van der Waals surface area contributed by atoms with Crippen molar-refractivity contribution in [3.05, 3.63) is 23.2 Å². The van der Waals surface area contributed by atoms with Crippen LogP contribution in [0, 0.1) is 12.8 Å². The Bertz CT molecular complexity index is 616. The first kappa shape index (κ1) is 17.8. The second-order valence-corrected chi connectivity index (χ2v) is 5.89. The SMILES string of the molecule is COC(=O)c1cc(CNC(=O)NC2CCC(C(=O)O)CC2)oc1C. The van der Waals surface area contributed by atoms with Crippen LogP contribution in [-0.4, -0.2) is 36.2 Å². The maximum Gasteiger partial charge on any atom is 0.341 e. The molecule has 0 aromatic carbocycles. The zero-order valence-electron chi connectivity index (χ0n) is 13.8. The normalized spacial score (nSPS) is 20.2. The van der Waals surface area contributed by atoms with E-state index >= 15 is 0 Å². The molecular weight excluding hydrogens is 316 g/mol. The highest BCUT2D eigenvalue weighted by Gasteiger charge is 2.26. The van der Waals surface area contributed by atoms with Gasteiger partial charge in [0.2, 0.25) is 0 Å². The molecule has 2 rings (SSSR count). The lowest BCUT2D eigenvalue weighted by molar-refractivity contribution is -0.142. The van der Waals surface area contributed by atoms with Gasteiger partial charge in [-0.25, -0.2) is 9.59 Å². The first-order valence-corrected chi connectivity index (χ1v) is 7.85. The van der Waals surface area contributed by atoms with Crippen molar-refractivity contribution in [2.24, 2.45) is 5.92 Å². The Morgan fingerprint density at radius 3 is 2.54 bits per heavy atom. The summed E-state index contributed by atoms with van der Waals surface area (Å²) >= 11 is 0. The van der Waals surface area contributed by atoms with Gasteiger partial charge in [-0.3, -0.25) is 4.79 Å². The monoisotopic (exact) mass is 338 g/mol. The molecule has 0 spiro atoms. The Hall–Kier alpha value is -2.51. The average Bonchev–Trinajstić information content (AvgIpc) is 2.93. The molecule has 0 atom stereocenters. The fourth-order valence-corrected chi connectivity index (χ4v) is 2.83. The number of furan rings is 1. The number of aryl methyl sites for hydroxylation is 1. The van der Waals surface area contributed by atoms with Crippen molar-refractivity contribution in [2.75, 3.05) is 7.11 Å². The predicted octanol–water partition coefficient (Wildman–Crippen LogP) is 1.82. The number of carboxylic acid groups (broad SMARTS) is 1. The summed E-state index contributed by atoms with van der Waals surface area (Å²) in [6.07, 6.45) is 2.44. The zero-order chi connectivity index (χ0) is 17.7. The Morgan fingerprint density at radius 2 is 1.96 bits per heavy atom. The fraction of sp³-hybridized carbons (Fsp3) is 0.562. The molecule has 0 saturated heterocycles. The van der Waals surface area contributed by atoms with E-state index in [-0.39, 0.29) is 24.5 Å². The van der Waals surface area contributed by atoms with Gasteiger partial charge in [-0.15, -0.1) is 0 Å². The van der Waals surface area contributed by atoms with Crippen LogP contribution < -0.4 is 10.6 Å². The number of esters is 1. The summed E-state index contributed by atoms with van der Waals surface area (Å²) in [4.78, 5) is 34.3. The van der Waals surface area contributed by atoms with E-state index in [0.29, 0.717) is 42.8 Å². The summed E-state index contributed by atoms with van der Waals surface area (Å²) in [6, 6.07) is 1.17. The van der Waals surface area contributed by atoms with E-state index in [0.717, 1.165) is 0 Å². The van der Waals surface area contributed by atoms with Crippen LogP contribution in [0.5, 0.6) is 0 Å². The number of amides is 2. The Kier molecular flexibility index (Phi) is 5.83. The van der Waals surface area contributed by atoms with Crippen molar-refractivity contribution in [1.29, 1.82) is 0 Å². The number of carbonyl (C=O) groups is 3. The molecular formula is C16H22N2O6.